The van der Waals surface area contributed by atoms with Crippen LogP contribution in [-0.4, -0.2) is 37.3 Å². The van der Waals surface area contributed by atoms with Crippen molar-refractivity contribution in [3.05, 3.63) is 42.0 Å². The highest BCUT2D eigenvalue weighted by molar-refractivity contribution is 6.03. The fourth-order valence-electron chi connectivity index (χ4n) is 2.10. The zero-order valence-corrected chi connectivity index (χ0v) is 11.6. The minimum Gasteiger partial charge on any atom is -0.489 e. The van der Waals surface area contributed by atoms with E-state index in [0.29, 0.717) is 11.3 Å². The minimum absolute atomic E-state index is 0.0630. The van der Waals surface area contributed by atoms with Gasteiger partial charge in [0.05, 0.1) is 12.2 Å². The number of fused-ring (bicyclic) bond motifs is 1. The third-order valence-electron chi connectivity index (χ3n) is 3.04. The standard InChI is InChI=1S/C16H18O4/c1-11(17)14-8-7-12-5-3-4-6-15(12)16(14)20-10-13(18)9-19-2/h3-8,13,18H,9-10H2,1-2H3/t13-/m1/s1. The quantitative estimate of drug-likeness (QED) is 0.822. The summed E-state index contributed by atoms with van der Waals surface area (Å²) >= 11 is 0. The lowest BCUT2D eigenvalue weighted by atomic mass is 10.0. The van der Waals surface area contributed by atoms with Crippen LogP contribution in [0.4, 0.5) is 0 Å². The average Bonchev–Trinajstić information content (AvgIpc) is 2.44. The molecule has 0 aliphatic heterocycles. The minimum atomic E-state index is -0.723. The molecule has 0 radical (unpaired) electrons. The number of methoxy groups -OCH3 is 1. The summed E-state index contributed by atoms with van der Waals surface area (Å²) in [6, 6.07) is 11.3. The Bertz CT molecular complexity index is 606. The Kier molecular flexibility index (Phi) is 4.71. The van der Waals surface area contributed by atoms with Gasteiger partial charge in [-0.2, -0.15) is 0 Å². The third-order valence-corrected chi connectivity index (χ3v) is 3.04. The largest absolute Gasteiger partial charge is 0.489 e. The predicted molar refractivity (Wildman–Crippen MR) is 77.3 cm³/mol. The molecule has 2 aromatic carbocycles. The molecule has 0 aliphatic rings. The second-order valence-electron chi connectivity index (χ2n) is 4.64. The molecular weight excluding hydrogens is 256 g/mol. The zero-order valence-electron chi connectivity index (χ0n) is 11.6. The van der Waals surface area contributed by atoms with E-state index in [-0.39, 0.29) is 19.0 Å². The molecule has 0 amide bonds. The fourth-order valence-corrected chi connectivity index (χ4v) is 2.10. The normalized spacial score (nSPS) is 12.3. The van der Waals surface area contributed by atoms with Gasteiger partial charge >= 0.3 is 0 Å². The molecule has 0 unspecified atom stereocenters. The molecule has 0 heterocycles. The number of carbonyl (C=O) groups is 1. The van der Waals surface area contributed by atoms with Crippen LogP contribution >= 0.6 is 0 Å². The summed E-state index contributed by atoms with van der Waals surface area (Å²) in [6.45, 7) is 1.78. The van der Waals surface area contributed by atoms with E-state index in [1.54, 1.807) is 6.07 Å². The van der Waals surface area contributed by atoms with E-state index >= 15 is 0 Å². The monoisotopic (exact) mass is 274 g/mol. The first kappa shape index (κ1) is 14.5. The summed E-state index contributed by atoms with van der Waals surface area (Å²) in [5.74, 6) is 0.456. The van der Waals surface area contributed by atoms with Crippen LogP contribution in [0.2, 0.25) is 0 Å². The van der Waals surface area contributed by atoms with Gasteiger partial charge in [0.1, 0.15) is 18.5 Å². The van der Waals surface area contributed by atoms with E-state index in [9.17, 15) is 9.90 Å². The van der Waals surface area contributed by atoms with Crippen molar-refractivity contribution in [3.63, 3.8) is 0 Å². The highest BCUT2D eigenvalue weighted by atomic mass is 16.5. The molecule has 2 rings (SSSR count). The van der Waals surface area contributed by atoms with E-state index in [0.717, 1.165) is 10.8 Å². The molecule has 4 nitrogen and oxygen atoms in total. The number of ether oxygens (including phenoxy) is 2. The van der Waals surface area contributed by atoms with Crippen molar-refractivity contribution in [2.24, 2.45) is 0 Å². The van der Waals surface area contributed by atoms with Crippen molar-refractivity contribution in [3.8, 4) is 5.75 Å². The Balaban J connectivity index is 2.37. The van der Waals surface area contributed by atoms with Gasteiger partial charge in [0, 0.05) is 12.5 Å². The Morgan fingerprint density at radius 2 is 1.95 bits per heavy atom. The van der Waals surface area contributed by atoms with Gasteiger partial charge in [-0.05, 0) is 18.4 Å². The van der Waals surface area contributed by atoms with Crippen molar-refractivity contribution in [2.75, 3.05) is 20.3 Å². The van der Waals surface area contributed by atoms with Gasteiger partial charge < -0.3 is 14.6 Å². The van der Waals surface area contributed by atoms with Crippen molar-refractivity contribution in [1.82, 2.24) is 0 Å². The molecule has 2 aromatic rings. The molecule has 0 bridgehead atoms. The molecule has 0 aromatic heterocycles. The molecule has 1 N–H and O–H groups in total. The Labute approximate surface area is 117 Å². The predicted octanol–water partition coefficient (Wildman–Crippen LogP) is 2.43. The number of hydrogen-bond acceptors (Lipinski definition) is 4. The second-order valence-corrected chi connectivity index (χ2v) is 4.64. The van der Waals surface area contributed by atoms with Gasteiger partial charge in [-0.3, -0.25) is 4.79 Å². The summed E-state index contributed by atoms with van der Waals surface area (Å²) in [5.41, 5.74) is 0.522. The highest BCUT2D eigenvalue weighted by Crippen LogP contribution is 2.30. The number of aliphatic hydroxyl groups excluding tert-OH is 1. The summed E-state index contributed by atoms with van der Waals surface area (Å²) in [4.78, 5) is 11.7. The van der Waals surface area contributed by atoms with Crippen LogP contribution in [-0.2, 0) is 4.74 Å². The van der Waals surface area contributed by atoms with Gasteiger partial charge in [0.25, 0.3) is 0 Å². The summed E-state index contributed by atoms with van der Waals surface area (Å²) < 4.78 is 10.5. The van der Waals surface area contributed by atoms with Crippen LogP contribution < -0.4 is 4.74 Å². The molecule has 0 fully saturated rings. The van der Waals surface area contributed by atoms with Crippen LogP contribution in [0.3, 0.4) is 0 Å². The van der Waals surface area contributed by atoms with Gasteiger partial charge in [-0.1, -0.05) is 30.3 Å². The molecule has 4 heteroatoms. The lowest BCUT2D eigenvalue weighted by Crippen LogP contribution is -2.23. The topological polar surface area (TPSA) is 55.8 Å². The summed E-state index contributed by atoms with van der Waals surface area (Å²) in [6.07, 6.45) is -0.723. The fraction of sp³-hybridized carbons (Fsp3) is 0.312. The first-order chi connectivity index (χ1) is 9.63. The lowest BCUT2D eigenvalue weighted by molar-refractivity contribution is 0.0327. The van der Waals surface area contributed by atoms with Gasteiger partial charge in [-0.25, -0.2) is 0 Å². The maximum absolute atomic E-state index is 11.7. The molecule has 0 spiro atoms. The molecule has 20 heavy (non-hydrogen) atoms. The van der Waals surface area contributed by atoms with Crippen LogP contribution in [0, 0.1) is 0 Å². The maximum Gasteiger partial charge on any atom is 0.163 e. The van der Waals surface area contributed by atoms with Crippen molar-refractivity contribution < 1.29 is 19.4 Å². The first-order valence-electron chi connectivity index (χ1n) is 6.46. The number of aliphatic hydroxyl groups is 1. The van der Waals surface area contributed by atoms with E-state index in [2.05, 4.69) is 0 Å². The molecule has 1 atom stereocenters. The summed E-state index contributed by atoms with van der Waals surface area (Å²) in [5, 5.41) is 11.5. The highest BCUT2D eigenvalue weighted by Gasteiger charge is 2.14. The Morgan fingerprint density at radius 1 is 1.20 bits per heavy atom. The first-order valence-corrected chi connectivity index (χ1v) is 6.46. The Morgan fingerprint density at radius 3 is 2.65 bits per heavy atom. The smallest absolute Gasteiger partial charge is 0.163 e. The van der Waals surface area contributed by atoms with Crippen molar-refractivity contribution in [1.29, 1.82) is 0 Å². The number of benzene rings is 2. The van der Waals surface area contributed by atoms with Crippen LogP contribution in [0.15, 0.2) is 36.4 Å². The second kappa shape index (κ2) is 6.50. The van der Waals surface area contributed by atoms with Gasteiger partial charge in [-0.15, -0.1) is 0 Å². The third kappa shape index (κ3) is 3.15. The Hall–Kier alpha value is -1.91. The van der Waals surface area contributed by atoms with Crippen molar-refractivity contribution in [2.45, 2.75) is 13.0 Å². The zero-order chi connectivity index (χ0) is 14.5. The maximum atomic E-state index is 11.7. The van der Waals surface area contributed by atoms with E-state index in [4.69, 9.17) is 9.47 Å². The van der Waals surface area contributed by atoms with Crippen molar-refractivity contribution >= 4 is 16.6 Å². The lowest BCUT2D eigenvalue weighted by Gasteiger charge is -2.15. The van der Waals surface area contributed by atoms with Gasteiger partial charge in [0.2, 0.25) is 0 Å². The van der Waals surface area contributed by atoms with Crippen LogP contribution in [0.1, 0.15) is 17.3 Å². The molecule has 106 valence electrons. The number of carbonyl (C=O) groups excluding carboxylic acids is 1. The van der Waals surface area contributed by atoms with E-state index in [1.807, 2.05) is 30.3 Å². The van der Waals surface area contributed by atoms with E-state index in [1.165, 1.54) is 14.0 Å². The van der Waals surface area contributed by atoms with Gasteiger partial charge in [0.15, 0.2) is 5.78 Å². The molecule has 0 saturated heterocycles. The number of Topliss-reactive ketones (excluding diaryl/α,β-unsaturated/α-hetero) is 1. The average molecular weight is 274 g/mol. The molecule has 0 saturated carbocycles. The van der Waals surface area contributed by atoms with E-state index < -0.39 is 6.10 Å². The molecular formula is C16H18O4. The van der Waals surface area contributed by atoms with Crippen LogP contribution in [0.5, 0.6) is 5.75 Å². The van der Waals surface area contributed by atoms with Crippen LogP contribution in [0.25, 0.3) is 10.8 Å². The molecule has 0 aliphatic carbocycles. The number of hydrogen-bond donors (Lipinski definition) is 1. The SMILES string of the molecule is COC[C@@H](O)COc1c(C(C)=O)ccc2ccccc12. The number of rotatable bonds is 6. The summed E-state index contributed by atoms with van der Waals surface area (Å²) in [7, 11) is 1.52. The number of ketones is 1.